The molecule has 0 saturated carbocycles. The molecule has 0 fully saturated rings. The zero-order valence-electron chi connectivity index (χ0n) is 17.8. The molecule has 162 valence electrons. The Morgan fingerprint density at radius 1 is 1.15 bits per heavy atom. The molecule has 4 aromatic rings. The Hall–Kier alpha value is -4.48. The van der Waals surface area contributed by atoms with Gasteiger partial charge >= 0.3 is 0 Å². The van der Waals surface area contributed by atoms with E-state index in [0.717, 1.165) is 33.6 Å². The van der Waals surface area contributed by atoms with Gasteiger partial charge in [-0.05, 0) is 29.8 Å². The average Bonchev–Trinajstić information content (AvgIpc) is 3.58. The molecule has 8 nitrogen and oxygen atoms in total. The fourth-order valence-electron chi connectivity index (χ4n) is 4.59. The van der Waals surface area contributed by atoms with Crippen molar-refractivity contribution in [2.24, 2.45) is 5.73 Å². The lowest BCUT2D eigenvalue weighted by Gasteiger charge is -2.27. The summed E-state index contributed by atoms with van der Waals surface area (Å²) >= 11 is 0. The molecule has 2 aliphatic heterocycles. The number of aromatic nitrogens is 2. The molecule has 2 unspecified atom stereocenters. The zero-order valence-corrected chi connectivity index (χ0v) is 17.8. The number of nitriles is 1. The van der Waals surface area contributed by atoms with E-state index in [9.17, 15) is 5.26 Å². The van der Waals surface area contributed by atoms with Crippen LogP contribution in [0.4, 0.5) is 0 Å². The van der Waals surface area contributed by atoms with Gasteiger partial charge in [0.1, 0.15) is 29.0 Å². The highest BCUT2D eigenvalue weighted by Gasteiger charge is 2.44. The van der Waals surface area contributed by atoms with Crippen molar-refractivity contribution in [2.75, 3.05) is 7.05 Å². The van der Waals surface area contributed by atoms with Crippen LogP contribution in [0, 0.1) is 11.3 Å². The highest BCUT2D eigenvalue weighted by Crippen LogP contribution is 2.48. The minimum atomic E-state index is -0.383. The lowest BCUT2D eigenvalue weighted by Crippen LogP contribution is -2.30. The normalized spacial score (nSPS) is 20.2. The number of fused-ring (bicyclic) bond motifs is 1. The van der Waals surface area contributed by atoms with Crippen LogP contribution in [0.15, 0.2) is 101 Å². The summed E-state index contributed by atoms with van der Waals surface area (Å²) in [4.78, 5) is 4.11. The minimum Gasteiger partial charge on any atom is -0.459 e. The van der Waals surface area contributed by atoms with Crippen LogP contribution >= 0.6 is 0 Å². The van der Waals surface area contributed by atoms with Gasteiger partial charge in [-0.2, -0.15) is 5.26 Å². The first kappa shape index (κ1) is 19.2. The molecule has 2 atom stereocenters. The van der Waals surface area contributed by atoms with Gasteiger partial charge in [0.15, 0.2) is 0 Å². The molecule has 6 rings (SSSR count). The summed E-state index contributed by atoms with van der Waals surface area (Å²) in [5, 5.41) is 12.8. The molecule has 4 heterocycles. The van der Waals surface area contributed by atoms with Crippen LogP contribution in [0.3, 0.4) is 0 Å². The number of furan rings is 1. The first-order chi connectivity index (χ1) is 16.1. The number of benzene rings is 2. The highest BCUT2D eigenvalue weighted by atomic mass is 16.5. The van der Waals surface area contributed by atoms with E-state index in [1.165, 1.54) is 0 Å². The molecule has 2 aliphatic rings. The predicted octanol–water partition coefficient (Wildman–Crippen LogP) is 3.83. The van der Waals surface area contributed by atoms with Gasteiger partial charge in [-0.25, -0.2) is 10.4 Å². The summed E-state index contributed by atoms with van der Waals surface area (Å²) in [7, 11) is 1.86. The lowest BCUT2D eigenvalue weighted by atomic mass is 9.80. The topological polar surface area (TPSA) is 105 Å². The van der Waals surface area contributed by atoms with E-state index >= 15 is 0 Å². The molecule has 8 heteroatoms. The van der Waals surface area contributed by atoms with Gasteiger partial charge in [-0.15, -0.1) is 0 Å². The molecule has 0 saturated heterocycles. The Bertz CT molecular complexity index is 1420. The van der Waals surface area contributed by atoms with Crippen molar-refractivity contribution in [1.29, 1.82) is 5.26 Å². The first-order valence-electron chi connectivity index (χ1n) is 10.5. The monoisotopic (exact) mass is 436 g/mol. The van der Waals surface area contributed by atoms with E-state index in [1.807, 2.05) is 72.4 Å². The van der Waals surface area contributed by atoms with Crippen molar-refractivity contribution >= 4 is 11.0 Å². The second-order valence-electron chi connectivity index (χ2n) is 8.05. The number of para-hydroxylation sites is 1. The Balaban J connectivity index is 1.47. The summed E-state index contributed by atoms with van der Waals surface area (Å²) < 4.78 is 14.0. The smallest absolute Gasteiger partial charge is 0.214 e. The molecule has 2 aromatic carbocycles. The van der Waals surface area contributed by atoms with Crippen LogP contribution in [0.5, 0.6) is 0 Å². The molecule has 2 aromatic heterocycles. The molecule has 0 aliphatic carbocycles. The number of nitrogens with one attached hydrogen (secondary N) is 1. The van der Waals surface area contributed by atoms with E-state index in [2.05, 4.69) is 16.5 Å². The van der Waals surface area contributed by atoms with Gasteiger partial charge in [0.2, 0.25) is 11.8 Å². The van der Waals surface area contributed by atoms with E-state index in [1.54, 1.807) is 17.5 Å². The van der Waals surface area contributed by atoms with Crippen molar-refractivity contribution in [3.05, 3.63) is 108 Å². The summed E-state index contributed by atoms with van der Waals surface area (Å²) in [5.74, 6) is 1.06. The van der Waals surface area contributed by atoms with Gasteiger partial charge in [0.05, 0.1) is 12.2 Å². The SMILES string of the molecule is CN1NC(c2cc3ccccc3o2)C2=C1OC(N)=C(C#N)C2c1ccc(-n2ccnc2)cc1. The second kappa shape index (κ2) is 7.29. The van der Waals surface area contributed by atoms with Gasteiger partial charge in [0.25, 0.3) is 0 Å². The maximum atomic E-state index is 9.99. The number of allylic oxidation sites excluding steroid dienone is 1. The molecule has 33 heavy (non-hydrogen) atoms. The highest BCUT2D eigenvalue weighted by molar-refractivity contribution is 5.78. The molecular formula is C25H20N6O2. The quantitative estimate of drug-likeness (QED) is 0.503. The third-order valence-corrected chi connectivity index (χ3v) is 6.14. The summed E-state index contributed by atoms with van der Waals surface area (Å²) in [6.07, 6.45) is 5.37. The fraction of sp³-hybridized carbons (Fsp3) is 0.120. The van der Waals surface area contributed by atoms with Gasteiger partial charge in [0, 0.05) is 36.1 Å². The van der Waals surface area contributed by atoms with Crippen LogP contribution in [-0.4, -0.2) is 21.6 Å². The summed E-state index contributed by atoms with van der Waals surface area (Å²) in [6, 6.07) is 19.9. The minimum absolute atomic E-state index is 0.110. The number of imidazole rings is 1. The van der Waals surface area contributed by atoms with Crippen molar-refractivity contribution in [1.82, 2.24) is 20.0 Å². The first-order valence-corrected chi connectivity index (χ1v) is 10.5. The van der Waals surface area contributed by atoms with Gasteiger partial charge in [-0.1, -0.05) is 30.3 Å². The van der Waals surface area contributed by atoms with E-state index < -0.39 is 0 Å². The molecule has 0 amide bonds. The molecule has 0 bridgehead atoms. The third kappa shape index (κ3) is 2.98. The van der Waals surface area contributed by atoms with E-state index in [-0.39, 0.29) is 17.8 Å². The van der Waals surface area contributed by atoms with Crippen LogP contribution in [0.25, 0.3) is 16.7 Å². The Morgan fingerprint density at radius 3 is 2.70 bits per heavy atom. The Morgan fingerprint density at radius 2 is 1.97 bits per heavy atom. The van der Waals surface area contributed by atoms with Crippen LogP contribution in [0.1, 0.15) is 23.3 Å². The number of nitrogens with zero attached hydrogens (tertiary/aromatic N) is 4. The largest absolute Gasteiger partial charge is 0.459 e. The summed E-state index contributed by atoms with van der Waals surface area (Å²) in [6.45, 7) is 0. The fourth-order valence-corrected chi connectivity index (χ4v) is 4.59. The lowest BCUT2D eigenvalue weighted by molar-refractivity contribution is 0.152. The van der Waals surface area contributed by atoms with Gasteiger partial charge in [-0.3, -0.25) is 5.01 Å². The van der Waals surface area contributed by atoms with Crippen molar-refractivity contribution in [3.8, 4) is 11.8 Å². The third-order valence-electron chi connectivity index (χ3n) is 6.14. The van der Waals surface area contributed by atoms with Gasteiger partial charge < -0.3 is 19.5 Å². The maximum absolute atomic E-state index is 9.99. The summed E-state index contributed by atoms with van der Waals surface area (Å²) in [5.41, 5.74) is 13.6. The number of hydrogen-bond acceptors (Lipinski definition) is 7. The number of nitrogens with two attached hydrogens (primary N) is 1. The molecule has 0 spiro atoms. The number of ether oxygens (including phenoxy) is 1. The Kier molecular flexibility index (Phi) is 4.25. The number of rotatable bonds is 3. The standard InChI is InChI=1S/C25H20N6O2/c1-30-25-22(23(29-30)20-12-16-4-2-3-5-19(16)32-20)21(18(13-26)24(27)33-25)15-6-8-17(9-7-15)31-11-10-28-14-31/h2-12,14,21,23,29H,27H2,1H3. The zero-order chi connectivity index (χ0) is 22.5. The maximum Gasteiger partial charge on any atom is 0.214 e. The molecule has 3 N–H and O–H groups in total. The molecule has 0 radical (unpaired) electrons. The number of hydrogen-bond donors (Lipinski definition) is 2. The van der Waals surface area contributed by atoms with Crippen molar-refractivity contribution in [2.45, 2.75) is 12.0 Å². The van der Waals surface area contributed by atoms with Crippen LogP contribution < -0.4 is 11.2 Å². The molecular weight excluding hydrogens is 416 g/mol. The average molecular weight is 436 g/mol. The van der Waals surface area contributed by atoms with Crippen molar-refractivity contribution in [3.63, 3.8) is 0 Å². The van der Waals surface area contributed by atoms with E-state index in [4.69, 9.17) is 14.9 Å². The predicted molar refractivity (Wildman–Crippen MR) is 121 cm³/mol. The van der Waals surface area contributed by atoms with Crippen LogP contribution in [0.2, 0.25) is 0 Å². The van der Waals surface area contributed by atoms with Crippen molar-refractivity contribution < 1.29 is 9.15 Å². The second-order valence-corrected chi connectivity index (χ2v) is 8.05. The van der Waals surface area contributed by atoms with Crippen LogP contribution in [-0.2, 0) is 4.74 Å². The number of hydrazine groups is 1. The van der Waals surface area contributed by atoms with E-state index in [0.29, 0.717) is 11.5 Å². The Labute approximate surface area is 189 Å².